The van der Waals surface area contributed by atoms with Gasteiger partial charge in [0.25, 0.3) is 0 Å². The maximum absolute atomic E-state index is 13.5. The molecule has 8 nitrogen and oxygen atoms in total. The van der Waals surface area contributed by atoms with E-state index in [0.717, 1.165) is 0 Å². The number of esters is 2. The lowest BCUT2D eigenvalue weighted by molar-refractivity contribution is -0.184. The Labute approximate surface area is 198 Å². The van der Waals surface area contributed by atoms with Gasteiger partial charge in [0, 0.05) is 23.0 Å². The fraction of sp³-hybridized carbons (Fsp3) is 0.385. The van der Waals surface area contributed by atoms with Crippen molar-refractivity contribution in [2.45, 2.75) is 25.7 Å². The maximum Gasteiger partial charge on any atom is 0.327 e. The van der Waals surface area contributed by atoms with Gasteiger partial charge in [0.05, 0.1) is 39.6 Å². The van der Waals surface area contributed by atoms with Crippen LogP contribution in [0.1, 0.15) is 36.8 Å². The molecule has 2 aromatic carbocycles. The number of para-hydroxylation sites is 2. The zero-order valence-corrected chi connectivity index (χ0v) is 19.5. The molecule has 0 radical (unpaired) electrons. The third kappa shape index (κ3) is 3.34. The fourth-order valence-corrected chi connectivity index (χ4v) is 5.07. The molecule has 3 rings (SSSR count). The van der Waals surface area contributed by atoms with Gasteiger partial charge in [0.15, 0.2) is 10.8 Å². The van der Waals surface area contributed by atoms with Crippen molar-refractivity contribution in [3.8, 4) is 23.6 Å². The maximum atomic E-state index is 13.5. The van der Waals surface area contributed by atoms with Gasteiger partial charge >= 0.3 is 11.9 Å². The van der Waals surface area contributed by atoms with Gasteiger partial charge in [-0.25, -0.2) is 0 Å². The average Bonchev–Trinajstić information content (AvgIpc) is 2.85. The SMILES string of the molecule is CCOC(=O)C1(C#N)C(c2ccccc2OC)C(C#N)(C(=O)OCC)C1c1ccccc1OC. The summed E-state index contributed by atoms with van der Waals surface area (Å²) in [5, 5.41) is 21.1. The van der Waals surface area contributed by atoms with Gasteiger partial charge in [-0.15, -0.1) is 0 Å². The minimum Gasteiger partial charge on any atom is -0.496 e. The van der Waals surface area contributed by atoms with E-state index < -0.39 is 34.6 Å². The molecule has 1 aliphatic carbocycles. The molecule has 1 fully saturated rings. The number of ether oxygens (including phenoxy) is 4. The molecule has 2 aromatic rings. The number of hydrogen-bond donors (Lipinski definition) is 0. The van der Waals surface area contributed by atoms with Crippen molar-refractivity contribution in [3.05, 3.63) is 59.7 Å². The van der Waals surface area contributed by atoms with Gasteiger partial charge in [0.2, 0.25) is 0 Å². The molecule has 0 N–H and O–H groups in total. The zero-order valence-electron chi connectivity index (χ0n) is 19.5. The summed E-state index contributed by atoms with van der Waals surface area (Å²) in [4.78, 5) is 27.1. The Bertz CT molecular complexity index is 1060. The second-order valence-electron chi connectivity index (χ2n) is 7.75. The van der Waals surface area contributed by atoms with Crippen molar-refractivity contribution in [2.24, 2.45) is 10.8 Å². The average molecular weight is 463 g/mol. The monoisotopic (exact) mass is 462 g/mol. The first kappa shape index (κ1) is 24.6. The van der Waals surface area contributed by atoms with Crippen LogP contribution in [0.3, 0.4) is 0 Å². The van der Waals surface area contributed by atoms with Crippen LogP contribution in [0, 0.1) is 33.5 Å². The smallest absolute Gasteiger partial charge is 0.327 e. The normalized spacial score (nSPS) is 25.1. The Kier molecular flexibility index (Phi) is 7.12. The van der Waals surface area contributed by atoms with Crippen molar-refractivity contribution >= 4 is 11.9 Å². The van der Waals surface area contributed by atoms with Crippen LogP contribution in [-0.4, -0.2) is 39.4 Å². The number of nitrogens with zero attached hydrogens (tertiary/aromatic N) is 2. The lowest BCUT2D eigenvalue weighted by Gasteiger charge is -2.59. The molecule has 1 aliphatic rings. The highest BCUT2D eigenvalue weighted by atomic mass is 16.5. The summed E-state index contributed by atoms with van der Waals surface area (Å²) in [6, 6.07) is 17.7. The van der Waals surface area contributed by atoms with Crippen LogP contribution >= 0.6 is 0 Å². The summed E-state index contributed by atoms with van der Waals surface area (Å²) in [7, 11) is 2.87. The van der Waals surface area contributed by atoms with E-state index in [1.807, 2.05) is 0 Å². The minimum absolute atomic E-state index is 0.0124. The van der Waals surface area contributed by atoms with E-state index in [4.69, 9.17) is 18.9 Å². The van der Waals surface area contributed by atoms with E-state index in [1.54, 1.807) is 62.4 Å². The molecule has 0 unspecified atom stereocenters. The first-order valence-corrected chi connectivity index (χ1v) is 10.9. The molecule has 34 heavy (non-hydrogen) atoms. The Morgan fingerprint density at radius 1 is 0.765 bits per heavy atom. The van der Waals surface area contributed by atoms with Crippen molar-refractivity contribution in [1.82, 2.24) is 0 Å². The van der Waals surface area contributed by atoms with Gasteiger partial charge in [0.1, 0.15) is 11.5 Å². The van der Waals surface area contributed by atoms with Crippen molar-refractivity contribution in [2.75, 3.05) is 27.4 Å². The minimum atomic E-state index is -1.93. The molecule has 0 heterocycles. The summed E-state index contributed by atoms with van der Waals surface area (Å²) in [5.74, 6) is -3.45. The second-order valence-corrected chi connectivity index (χ2v) is 7.75. The van der Waals surface area contributed by atoms with Crippen LogP contribution in [0.2, 0.25) is 0 Å². The quantitative estimate of drug-likeness (QED) is 0.545. The van der Waals surface area contributed by atoms with Crippen molar-refractivity contribution in [1.29, 1.82) is 10.5 Å². The molecule has 176 valence electrons. The van der Waals surface area contributed by atoms with Gasteiger partial charge in [-0.3, -0.25) is 9.59 Å². The fourth-order valence-electron chi connectivity index (χ4n) is 5.07. The first-order chi connectivity index (χ1) is 16.4. The third-order valence-electron chi connectivity index (χ3n) is 6.32. The Morgan fingerprint density at radius 3 is 1.41 bits per heavy atom. The predicted molar refractivity (Wildman–Crippen MR) is 121 cm³/mol. The zero-order chi connectivity index (χ0) is 24.9. The van der Waals surface area contributed by atoms with E-state index in [2.05, 4.69) is 12.1 Å². The first-order valence-electron chi connectivity index (χ1n) is 10.9. The number of nitriles is 2. The van der Waals surface area contributed by atoms with E-state index in [-0.39, 0.29) is 13.2 Å². The number of methoxy groups -OCH3 is 2. The number of rotatable bonds is 8. The summed E-state index contributed by atoms with van der Waals surface area (Å²) in [5.41, 5.74) is -3.13. The van der Waals surface area contributed by atoms with E-state index in [1.165, 1.54) is 14.2 Å². The molecule has 0 bridgehead atoms. The standard InChI is InChI=1S/C26H26N2O6/c1-5-33-23(29)25(15-27)21(17-11-7-9-13-19(17)31-3)26(16-28,24(30)34-6-2)22(25)18-12-8-10-14-20(18)32-4/h7-14,21-22H,5-6H2,1-4H3. The van der Waals surface area contributed by atoms with E-state index in [9.17, 15) is 20.1 Å². The summed E-state index contributed by atoms with van der Waals surface area (Å²) < 4.78 is 21.7. The van der Waals surface area contributed by atoms with Crippen LogP contribution in [0.5, 0.6) is 11.5 Å². The molecule has 0 atom stereocenters. The Balaban J connectivity index is 2.46. The lowest BCUT2D eigenvalue weighted by atomic mass is 9.36. The van der Waals surface area contributed by atoms with E-state index >= 15 is 0 Å². The molecular formula is C26H26N2O6. The molecular weight excluding hydrogens is 436 g/mol. The molecule has 0 amide bonds. The third-order valence-corrected chi connectivity index (χ3v) is 6.32. The molecule has 0 aliphatic heterocycles. The summed E-state index contributed by atoms with van der Waals surface area (Å²) in [6.45, 7) is 3.28. The number of carbonyl (C=O) groups is 2. The Hall–Kier alpha value is -4.04. The number of hydrogen-bond acceptors (Lipinski definition) is 8. The van der Waals surface area contributed by atoms with Gasteiger partial charge in [-0.05, 0) is 26.0 Å². The molecule has 0 saturated heterocycles. The van der Waals surface area contributed by atoms with Gasteiger partial charge < -0.3 is 18.9 Å². The van der Waals surface area contributed by atoms with Gasteiger partial charge in [-0.2, -0.15) is 10.5 Å². The summed E-state index contributed by atoms with van der Waals surface area (Å²) >= 11 is 0. The highest BCUT2D eigenvalue weighted by Crippen LogP contribution is 2.74. The lowest BCUT2D eigenvalue weighted by Crippen LogP contribution is -2.67. The van der Waals surface area contributed by atoms with Crippen molar-refractivity contribution in [3.63, 3.8) is 0 Å². The largest absolute Gasteiger partial charge is 0.496 e. The molecule has 1 saturated carbocycles. The van der Waals surface area contributed by atoms with Crippen LogP contribution < -0.4 is 9.47 Å². The van der Waals surface area contributed by atoms with Crippen LogP contribution in [-0.2, 0) is 19.1 Å². The topological polar surface area (TPSA) is 119 Å². The van der Waals surface area contributed by atoms with Crippen molar-refractivity contribution < 1.29 is 28.5 Å². The highest BCUT2D eigenvalue weighted by Gasteiger charge is 2.81. The number of carbonyl (C=O) groups excluding carboxylic acids is 2. The Morgan fingerprint density at radius 2 is 1.12 bits per heavy atom. The van der Waals surface area contributed by atoms with Gasteiger partial charge in [-0.1, -0.05) is 36.4 Å². The van der Waals surface area contributed by atoms with Crippen LogP contribution in [0.25, 0.3) is 0 Å². The van der Waals surface area contributed by atoms with Crippen LogP contribution in [0.15, 0.2) is 48.5 Å². The molecule has 0 aromatic heterocycles. The van der Waals surface area contributed by atoms with E-state index in [0.29, 0.717) is 22.6 Å². The second kappa shape index (κ2) is 9.84. The summed E-state index contributed by atoms with van der Waals surface area (Å²) in [6.07, 6.45) is 0. The predicted octanol–water partition coefficient (Wildman–Crippen LogP) is 3.73. The van der Waals surface area contributed by atoms with Crippen LogP contribution in [0.4, 0.5) is 0 Å². The molecule has 0 spiro atoms. The molecule has 8 heteroatoms. The number of benzene rings is 2. The highest BCUT2D eigenvalue weighted by molar-refractivity contribution is 5.96.